The Morgan fingerprint density at radius 2 is 1.02 bits per heavy atom. The predicted molar refractivity (Wildman–Crippen MR) is 193 cm³/mol. The minimum Gasteiger partial charge on any atom is -0.756 e. The number of phosphoric ester groups is 1. The van der Waals surface area contributed by atoms with E-state index in [1.165, 1.54) is 103 Å². The molecule has 3 N–H and O–H groups in total. The molecular formula is C38H74NO8P. The van der Waals surface area contributed by atoms with Crippen molar-refractivity contribution in [2.75, 3.05) is 26.4 Å². The van der Waals surface area contributed by atoms with Gasteiger partial charge in [0, 0.05) is 12.8 Å². The predicted octanol–water partition coefficient (Wildman–Crippen LogP) is 9.31. The van der Waals surface area contributed by atoms with E-state index in [-0.39, 0.29) is 38.6 Å². The molecule has 0 amide bonds. The van der Waals surface area contributed by atoms with Gasteiger partial charge in [0.2, 0.25) is 0 Å². The zero-order valence-corrected chi connectivity index (χ0v) is 32.0. The van der Waals surface area contributed by atoms with Crippen LogP contribution >= 0.6 is 7.82 Å². The summed E-state index contributed by atoms with van der Waals surface area (Å²) < 4.78 is 32.4. The fourth-order valence-corrected chi connectivity index (χ4v) is 6.23. The molecule has 0 bridgehead atoms. The van der Waals surface area contributed by atoms with E-state index >= 15 is 0 Å². The molecule has 2 atom stereocenters. The molecule has 0 aliphatic carbocycles. The Hall–Kier alpha value is -1.25. The van der Waals surface area contributed by atoms with Gasteiger partial charge in [0.15, 0.2) is 6.10 Å². The summed E-state index contributed by atoms with van der Waals surface area (Å²) in [6.07, 6.45) is 33.7. The highest BCUT2D eigenvalue weighted by Crippen LogP contribution is 2.38. The van der Waals surface area contributed by atoms with Gasteiger partial charge in [0.25, 0.3) is 7.82 Å². The molecule has 10 heteroatoms. The topological polar surface area (TPSA) is 139 Å². The molecule has 0 radical (unpaired) electrons. The summed E-state index contributed by atoms with van der Waals surface area (Å²) >= 11 is 0. The van der Waals surface area contributed by atoms with Gasteiger partial charge in [-0.3, -0.25) is 14.2 Å². The number of carbonyl (C=O) groups excluding carboxylic acids is 2. The molecule has 0 aromatic heterocycles. The van der Waals surface area contributed by atoms with Gasteiger partial charge < -0.3 is 29.1 Å². The SMILES string of the molecule is CCCCCCCC/C=C\CCCCCCCC(=O)O[C@H](COC(=O)CCCCCCCCCCCCCC)COP(=O)([O-])OCC[NH3+]. The molecule has 0 aliphatic rings. The number of esters is 2. The Bertz CT molecular complexity index is 810. The van der Waals surface area contributed by atoms with Crippen molar-refractivity contribution in [1.82, 2.24) is 0 Å². The zero-order chi connectivity index (χ0) is 35.4. The standard InChI is InChI=1S/C38H74NO8P/c1-3-5-7-9-11-13-15-17-18-19-21-23-25-27-29-31-38(41)47-36(35-46-48(42,43)45-33-32-39)34-44-37(40)30-28-26-24-22-20-16-14-12-10-8-6-4-2/h17-18,36H,3-16,19-35,39H2,1-2H3,(H,42,43)/b18-17-/t36-/m1/s1. The summed E-state index contributed by atoms with van der Waals surface area (Å²) in [4.78, 5) is 36.8. The lowest BCUT2D eigenvalue weighted by molar-refractivity contribution is -0.373. The second kappa shape index (κ2) is 35.6. The highest BCUT2D eigenvalue weighted by molar-refractivity contribution is 7.45. The van der Waals surface area contributed by atoms with Crippen LogP contribution in [0.5, 0.6) is 0 Å². The minimum atomic E-state index is -4.58. The van der Waals surface area contributed by atoms with Crippen molar-refractivity contribution in [2.24, 2.45) is 0 Å². The first-order valence-electron chi connectivity index (χ1n) is 19.7. The number of hydrogen-bond acceptors (Lipinski definition) is 8. The van der Waals surface area contributed by atoms with E-state index in [9.17, 15) is 19.0 Å². The summed E-state index contributed by atoms with van der Waals surface area (Å²) in [5.74, 6) is -0.850. The first kappa shape index (κ1) is 46.8. The number of ether oxygens (including phenoxy) is 2. The molecule has 0 rings (SSSR count). The van der Waals surface area contributed by atoms with E-state index in [2.05, 4.69) is 31.7 Å². The Kier molecular flexibility index (Phi) is 34.6. The van der Waals surface area contributed by atoms with Gasteiger partial charge in [0.05, 0.1) is 13.2 Å². The molecule has 9 nitrogen and oxygen atoms in total. The largest absolute Gasteiger partial charge is 0.756 e. The molecule has 0 saturated heterocycles. The first-order valence-corrected chi connectivity index (χ1v) is 21.2. The van der Waals surface area contributed by atoms with Gasteiger partial charge in [-0.15, -0.1) is 0 Å². The molecule has 0 fully saturated rings. The minimum absolute atomic E-state index is 0.102. The normalized spacial score (nSPS) is 13.5. The highest BCUT2D eigenvalue weighted by atomic mass is 31.2. The van der Waals surface area contributed by atoms with Gasteiger partial charge >= 0.3 is 11.9 Å². The van der Waals surface area contributed by atoms with Crippen LogP contribution in [-0.2, 0) is 32.7 Å². The van der Waals surface area contributed by atoms with Crippen molar-refractivity contribution in [2.45, 2.75) is 193 Å². The number of allylic oxidation sites excluding steroid dienone is 2. The van der Waals surface area contributed by atoms with E-state index in [1.54, 1.807) is 0 Å². The average molecular weight is 704 g/mol. The van der Waals surface area contributed by atoms with Crippen LogP contribution in [0.1, 0.15) is 187 Å². The van der Waals surface area contributed by atoms with E-state index in [1.807, 2.05) is 0 Å². The molecule has 0 saturated carbocycles. The van der Waals surface area contributed by atoms with Crippen molar-refractivity contribution in [3.63, 3.8) is 0 Å². The second-order valence-corrected chi connectivity index (χ2v) is 14.6. The van der Waals surface area contributed by atoms with Gasteiger partial charge in [-0.25, -0.2) is 0 Å². The van der Waals surface area contributed by atoms with Crippen molar-refractivity contribution in [3.05, 3.63) is 12.2 Å². The third kappa shape index (κ3) is 34.6. The number of quaternary nitrogens is 1. The fourth-order valence-electron chi connectivity index (χ4n) is 5.46. The molecule has 1 unspecified atom stereocenters. The maximum absolute atomic E-state index is 12.5. The maximum atomic E-state index is 12.5. The van der Waals surface area contributed by atoms with Crippen LogP contribution in [0.15, 0.2) is 12.2 Å². The van der Waals surface area contributed by atoms with Crippen molar-refractivity contribution < 1.29 is 43.3 Å². The Morgan fingerprint density at radius 1 is 0.604 bits per heavy atom. The summed E-state index contributed by atoms with van der Waals surface area (Å²) in [6.45, 7) is 3.92. The molecule has 284 valence electrons. The van der Waals surface area contributed by atoms with Crippen molar-refractivity contribution in [1.29, 1.82) is 0 Å². The van der Waals surface area contributed by atoms with Crippen LogP contribution in [0.2, 0.25) is 0 Å². The second-order valence-electron chi connectivity index (χ2n) is 13.2. The number of phosphoric acid groups is 1. The lowest BCUT2D eigenvalue weighted by Gasteiger charge is -2.25. The Morgan fingerprint density at radius 3 is 1.48 bits per heavy atom. The van der Waals surface area contributed by atoms with Crippen LogP contribution < -0.4 is 10.6 Å². The van der Waals surface area contributed by atoms with Crippen LogP contribution in [0.25, 0.3) is 0 Å². The molecule has 0 spiro atoms. The lowest BCUT2D eigenvalue weighted by Crippen LogP contribution is -2.52. The summed E-state index contributed by atoms with van der Waals surface area (Å²) in [5, 5.41) is 0. The summed E-state index contributed by atoms with van der Waals surface area (Å²) in [5.41, 5.74) is 3.54. The fraction of sp³-hybridized carbons (Fsp3) is 0.895. The van der Waals surface area contributed by atoms with Crippen molar-refractivity contribution >= 4 is 19.8 Å². The van der Waals surface area contributed by atoms with E-state index in [0.29, 0.717) is 6.42 Å². The van der Waals surface area contributed by atoms with Gasteiger partial charge in [-0.2, -0.15) is 0 Å². The van der Waals surface area contributed by atoms with Crippen LogP contribution in [0.3, 0.4) is 0 Å². The molecule has 48 heavy (non-hydrogen) atoms. The third-order valence-corrected chi connectivity index (χ3v) is 9.38. The van der Waals surface area contributed by atoms with Crippen LogP contribution in [-0.4, -0.2) is 44.4 Å². The molecular weight excluding hydrogens is 629 g/mol. The maximum Gasteiger partial charge on any atom is 0.306 e. The van der Waals surface area contributed by atoms with Crippen molar-refractivity contribution in [3.8, 4) is 0 Å². The third-order valence-electron chi connectivity index (χ3n) is 8.42. The zero-order valence-electron chi connectivity index (χ0n) is 31.1. The molecule has 0 aliphatic heterocycles. The Labute approximate surface area is 294 Å². The number of unbranched alkanes of at least 4 members (excludes halogenated alkanes) is 22. The van der Waals surface area contributed by atoms with E-state index < -0.39 is 26.5 Å². The smallest absolute Gasteiger partial charge is 0.306 e. The number of carbonyl (C=O) groups is 2. The highest BCUT2D eigenvalue weighted by Gasteiger charge is 2.21. The lowest BCUT2D eigenvalue weighted by atomic mass is 10.0. The van der Waals surface area contributed by atoms with Crippen LogP contribution in [0, 0.1) is 0 Å². The van der Waals surface area contributed by atoms with Crippen LogP contribution in [0.4, 0.5) is 0 Å². The summed E-state index contributed by atoms with van der Waals surface area (Å²) in [7, 11) is -4.58. The molecule has 0 heterocycles. The number of hydrogen-bond donors (Lipinski definition) is 1. The monoisotopic (exact) mass is 704 g/mol. The quantitative estimate of drug-likeness (QED) is 0.0292. The van der Waals surface area contributed by atoms with E-state index in [4.69, 9.17) is 18.5 Å². The van der Waals surface area contributed by atoms with Gasteiger partial charge in [-0.05, 0) is 38.5 Å². The van der Waals surface area contributed by atoms with E-state index in [0.717, 1.165) is 51.4 Å². The molecule has 0 aromatic carbocycles. The molecule has 0 aromatic rings. The van der Waals surface area contributed by atoms with Gasteiger partial charge in [-0.1, -0.05) is 148 Å². The Balaban J connectivity index is 4.20. The first-order chi connectivity index (χ1) is 23.3. The average Bonchev–Trinajstić information content (AvgIpc) is 3.07. The number of rotatable bonds is 37. The van der Waals surface area contributed by atoms with Gasteiger partial charge in [0.1, 0.15) is 13.2 Å². The summed E-state index contributed by atoms with van der Waals surface area (Å²) in [6, 6.07) is 0.